The van der Waals surface area contributed by atoms with Crippen LogP contribution >= 0.6 is 11.3 Å². The zero-order chi connectivity index (χ0) is 19.2. The van der Waals surface area contributed by atoms with E-state index in [9.17, 15) is 14.9 Å². The molecule has 0 N–H and O–H groups in total. The normalized spacial score (nSPS) is 12.1. The summed E-state index contributed by atoms with van der Waals surface area (Å²) in [6.45, 7) is 0.835. The van der Waals surface area contributed by atoms with E-state index in [1.807, 2.05) is 30.3 Å². The van der Waals surface area contributed by atoms with Gasteiger partial charge in [0.1, 0.15) is 0 Å². The number of fused-ring (bicyclic) bond motifs is 1. The van der Waals surface area contributed by atoms with Crippen molar-refractivity contribution in [3.05, 3.63) is 75.1 Å². The fourth-order valence-corrected chi connectivity index (χ4v) is 3.56. The molecular formula is C19H17N3O4S. The lowest BCUT2D eigenvalue weighted by atomic mass is 10.2. The number of carbonyl (C=O) groups excluding carboxylic acids is 1. The van der Waals surface area contributed by atoms with Crippen LogP contribution in [0.3, 0.4) is 0 Å². The van der Waals surface area contributed by atoms with E-state index in [0.29, 0.717) is 23.5 Å². The molecule has 0 aliphatic rings. The summed E-state index contributed by atoms with van der Waals surface area (Å²) in [6, 6.07) is 14.1. The van der Waals surface area contributed by atoms with Crippen molar-refractivity contribution < 1.29 is 14.5 Å². The number of hydrogen-bond acceptors (Lipinski definition) is 5. The van der Waals surface area contributed by atoms with Gasteiger partial charge in [-0.05, 0) is 17.7 Å². The van der Waals surface area contributed by atoms with E-state index >= 15 is 0 Å². The third kappa shape index (κ3) is 4.55. The zero-order valence-electron chi connectivity index (χ0n) is 14.6. The van der Waals surface area contributed by atoms with E-state index in [2.05, 4.69) is 4.99 Å². The minimum absolute atomic E-state index is 0.00619. The van der Waals surface area contributed by atoms with Crippen LogP contribution in [0, 0.1) is 10.1 Å². The molecule has 1 heterocycles. The number of carbonyl (C=O) groups is 1. The molecule has 3 rings (SSSR count). The molecule has 0 fully saturated rings. The highest BCUT2D eigenvalue weighted by molar-refractivity contribution is 7.16. The Balaban J connectivity index is 2.01. The average molecular weight is 383 g/mol. The minimum atomic E-state index is -0.442. The Morgan fingerprint density at radius 3 is 2.78 bits per heavy atom. The van der Waals surface area contributed by atoms with E-state index in [1.54, 1.807) is 23.8 Å². The molecule has 0 bridgehead atoms. The predicted molar refractivity (Wildman–Crippen MR) is 104 cm³/mol. The van der Waals surface area contributed by atoms with Gasteiger partial charge >= 0.3 is 0 Å². The Hall–Kier alpha value is -3.10. The van der Waals surface area contributed by atoms with Crippen LogP contribution in [0.1, 0.15) is 5.56 Å². The van der Waals surface area contributed by atoms with Crippen molar-refractivity contribution in [2.75, 3.05) is 13.7 Å². The number of nitrogens with zero attached hydrogens (tertiary/aromatic N) is 3. The largest absolute Gasteiger partial charge is 0.383 e. The summed E-state index contributed by atoms with van der Waals surface area (Å²) in [4.78, 5) is 27.5. The molecule has 27 heavy (non-hydrogen) atoms. The quantitative estimate of drug-likeness (QED) is 0.371. The Labute approximate surface area is 159 Å². The van der Waals surface area contributed by atoms with Crippen LogP contribution in [0.15, 0.2) is 59.6 Å². The molecule has 7 nitrogen and oxygen atoms in total. The molecule has 0 atom stereocenters. The van der Waals surface area contributed by atoms with Crippen molar-refractivity contribution in [3.8, 4) is 0 Å². The van der Waals surface area contributed by atoms with Crippen molar-refractivity contribution >= 4 is 39.2 Å². The molecule has 0 spiro atoms. The lowest BCUT2D eigenvalue weighted by molar-refractivity contribution is -0.384. The van der Waals surface area contributed by atoms with Crippen LogP contribution < -0.4 is 4.80 Å². The molecule has 3 aromatic rings. The van der Waals surface area contributed by atoms with Gasteiger partial charge in [-0.2, -0.15) is 4.99 Å². The molecular weight excluding hydrogens is 366 g/mol. The van der Waals surface area contributed by atoms with Gasteiger partial charge in [-0.15, -0.1) is 0 Å². The second-order valence-electron chi connectivity index (χ2n) is 5.63. The lowest BCUT2D eigenvalue weighted by Gasteiger charge is -2.03. The fraction of sp³-hybridized carbons (Fsp3) is 0.158. The molecule has 0 aliphatic heterocycles. The SMILES string of the molecule is COCCn1c(=NC(=O)C=Cc2ccccc2)sc2ccc([N+](=O)[O-])cc21. The molecule has 0 saturated carbocycles. The van der Waals surface area contributed by atoms with Gasteiger partial charge in [0.15, 0.2) is 4.80 Å². The van der Waals surface area contributed by atoms with E-state index in [4.69, 9.17) is 4.74 Å². The smallest absolute Gasteiger partial charge is 0.272 e. The topological polar surface area (TPSA) is 86.7 Å². The maximum Gasteiger partial charge on any atom is 0.272 e. The summed E-state index contributed by atoms with van der Waals surface area (Å²) in [5.41, 5.74) is 1.55. The molecule has 0 radical (unpaired) electrons. The van der Waals surface area contributed by atoms with Crippen LogP contribution in [-0.2, 0) is 16.1 Å². The average Bonchev–Trinajstić information content (AvgIpc) is 3.01. The van der Waals surface area contributed by atoms with E-state index in [1.165, 1.54) is 29.5 Å². The summed E-state index contributed by atoms with van der Waals surface area (Å²) < 4.78 is 7.70. The Kier molecular flexibility index (Phi) is 5.90. The maximum atomic E-state index is 12.3. The summed E-state index contributed by atoms with van der Waals surface area (Å²) in [5, 5.41) is 11.1. The first-order chi connectivity index (χ1) is 13.1. The zero-order valence-corrected chi connectivity index (χ0v) is 15.4. The number of thiazole rings is 1. The third-order valence-electron chi connectivity index (χ3n) is 3.82. The first-order valence-electron chi connectivity index (χ1n) is 8.17. The maximum absolute atomic E-state index is 12.3. The van der Waals surface area contributed by atoms with Crippen LogP contribution in [0.5, 0.6) is 0 Å². The number of nitro groups is 1. The first kappa shape index (κ1) is 18.7. The van der Waals surface area contributed by atoms with Gasteiger partial charge in [-0.25, -0.2) is 0 Å². The molecule has 1 amide bonds. The fourth-order valence-electron chi connectivity index (χ4n) is 2.52. The minimum Gasteiger partial charge on any atom is -0.383 e. The number of benzene rings is 2. The highest BCUT2D eigenvalue weighted by atomic mass is 32.1. The van der Waals surface area contributed by atoms with Gasteiger partial charge < -0.3 is 9.30 Å². The molecule has 8 heteroatoms. The first-order valence-corrected chi connectivity index (χ1v) is 8.98. The highest BCUT2D eigenvalue weighted by Gasteiger charge is 2.12. The monoisotopic (exact) mass is 383 g/mol. The van der Waals surface area contributed by atoms with E-state index in [0.717, 1.165) is 10.3 Å². The number of rotatable bonds is 6. The summed E-state index contributed by atoms with van der Waals surface area (Å²) in [7, 11) is 1.57. The highest BCUT2D eigenvalue weighted by Crippen LogP contribution is 2.23. The van der Waals surface area contributed by atoms with E-state index < -0.39 is 10.8 Å². The van der Waals surface area contributed by atoms with E-state index in [-0.39, 0.29) is 5.69 Å². The van der Waals surface area contributed by atoms with Crippen LogP contribution in [-0.4, -0.2) is 29.1 Å². The number of non-ortho nitro benzene ring substituents is 1. The van der Waals surface area contributed by atoms with Gasteiger partial charge in [0.25, 0.3) is 11.6 Å². The van der Waals surface area contributed by atoms with Crippen molar-refractivity contribution in [3.63, 3.8) is 0 Å². The van der Waals surface area contributed by atoms with Gasteiger partial charge in [-0.1, -0.05) is 41.7 Å². The van der Waals surface area contributed by atoms with Crippen LogP contribution in [0.4, 0.5) is 5.69 Å². The standard InChI is InChI=1S/C19H17N3O4S/c1-26-12-11-21-16-13-15(22(24)25)8-9-17(16)27-19(21)20-18(23)10-7-14-5-3-2-4-6-14/h2-10,13H,11-12H2,1H3. The number of amides is 1. The molecule has 138 valence electrons. The molecule has 0 unspecified atom stereocenters. The van der Waals surface area contributed by atoms with Gasteiger partial charge in [0, 0.05) is 31.9 Å². The van der Waals surface area contributed by atoms with Crippen molar-refractivity contribution in [1.29, 1.82) is 0 Å². The van der Waals surface area contributed by atoms with Crippen LogP contribution in [0.25, 0.3) is 16.3 Å². The van der Waals surface area contributed by atoms with Gasteiger partial charge in [0.05, 0.1) is 21.7 Å². The van der Waals surface area contributed by atoms with Crippen molar-refractivity contribution in [1.82, 2.24) is 4.57 Å². The Morgan fingerprint density at radius 2 is 2.07 bits per heavy atom. The summed E-state index contributed by atoms with van der Waals surface area (Å²) >= 11 is 1.31. The van der Waals surface area contributed by atoms with Crippen LogP contribution in [0.2, 0.25) is 0 Å². The number of ether oxygens (including phenoxy) is 1. The predicted octanol–water partition coefficient (Wildman–Crippen LogP) is 3.40. The second kappa shape index (κ2) is 8.52. The molecule has 1 aromatic heterocycles. The Morgan fingerprint density at radius 1 is 1.30 bits per heavy atom. The second-order valence-corrected chi connectivity index (χ2v) is 6.64. The molecule has 2 aromatic carbocycles. The molecule has 0 saturated heterocycles. The number of aromatic nitrogens is 1. The number of methoxy groups -OCH3 is 1. The summed E-state index contributed by atoms with van der Waals surface area (Å²) in [6.07, 6.45) is 3.10. The summed E-state index contributed by atoms with van der Waals surface area (Å²) in [5.74, 6) is -0.397. The third-order valence-corrected chi connectivity index (χ3v) is 4.88. The number of hydrogen-bond donors (Lipinski definition) is 0. The Bertz CT molecular complexity index is 1070. The number of nitro benzene ring substituents is 1. The lowest BCUT2D eigenvalue weighted by Crippen LogP contribution is -2.19. The van der Waals surface area contributed by atoms with Gasteiger partial charge in [-0.3, -0.25) is 14.9 Å². The van der Waals surface area contributed by atoms with Gasteiger partial charge in [0.2, 0.25) is 0 Å². The van der Waals surface area contributed by atoms with Crippen molar-refractivity contribution in [2.45, 2.75) is 6.54 Å². The molecule has 0 aliphatic carbocycles. The van der Waals surface area contributed by atoms with Crippen molar-refractivity contribution in [2.24, 2.45) is 4.99 Å².